The minimum Gasteiger partial charge on any atom is -0.327 e. The molecule has 0 unspecified atom stereocenters. The van der Waals surface area contributed by atoms with Gasteiger partial charge >= 0.3 is 0 Å². The molecule has 25 heavy (non-hydrogen) atoms. The topological polar surface area (TPSA) is 109 Å². The van der Waals surface area contributed by atoms with E-state index >= 15 is 0 Å². The van der Waals surface area contributed by atoms with Crippen molar-refractivity contribution in [2.24, 2.45) is 12.2 Å². The van der Waals surface area contributed by atoms with Gasteiger partial charge in [-0.05, 0) is 24.6 Å². The standard InChI is InChI=1S/C15H20N6O2S2/c1-3-4-7-21-13-6-5-11(25(16,22)23)8-12(13)18-14(21)9-24-15-19-17-10-20(15)2/h5-6,8,10H,3-4,7,9H2,1-2H3,(H2,16,22,23). The van der Waals surface area contributed by atoms with Gasteiger partial charge in [0.2, 0.25) is 10.0 Å². The molecule has 2 N–H and O–H groups in total. The van der Waals surface area contributed by atoms with Crippen LogP contribution in [0.4, 0.5) is 0 Å². The summed E-state index contributed by atoms with van der Waals surface area (Å²) in [5.41, 5.74) is 1.55. The molecule has 0 radical (unpaired) electrons. The van der Waals surface area contributed by atoms with Gasteiger partial charge in [0, 0.05) is 13.6 Å². The number of thioether (sulfide) groups is 1. The van der Waals surface area contributed by atoms with Gasteiger partial charge in [-0.1, -0.05) is 25.1 Å². The summed E-state index contributed by atoms with van der Waals surface area (Å²) < 4.78 is 27.1. The van der Waals surface area contributed by atoms with E-state index in [9.17, 15) is 8.42 Å². The molecule has 2 aromatic heterocycles. The lowest BCUT2D eigenvalue weighted by Gasteiger charge is -2.08. The summed E-state index contributed by atoms with van der Waals surface area (Å²) in [5, 5.41) is 14.0. The predicted molar refractivity (Wildman–Crippen MR) is 96.6 cm³/mol. The van der Waals surface area contributed by atoms with Crippen LogP contribution in [0.2, 0.25) is 0 Å². The van der Waals surface area contributed by atoms with E-state index in [2.05, 4.69) is 26.7 Å². The van der Waals surface area contributed by atoms with Crippen molar-refractivity contribution in [3.63, 3.8) is 0 Å². The van der Waals surface area contributed by atoms with Crippen LogP contribution in [0, 0.1) is 0 Å². The van der Waals surface area contributed by atoms with Crippen LogP contribution in [0.1, 0.15) is 25.6 Å². The van der Waals surface area contributed by atoms with Crippen LogP contribution < -0.4 is 5.14 Å². The summed E-state index contributed by atoms with van der Waals surface area (Å²) in [6.45, 7) is 2.96. The van der Waals surface area contributed by atoms with Crippen LogP contribution in [0.15, 0.2) is 34.6 Å². The number of rotatable bonds is 7. The van der Waals surface area contributed by atoms with Gasteiger partial charge in [0.25, 0.3) is 0 Å². The SMILES string of the molecule is CCCCn1c(CSc2nncn2C)nc2cc(S(N)(=O)=O)ccc21. The summed E-state index contributed by atoms with van der Waals surface area (Å²) in [7, 11) is -1.85. The third-order valence-corrected chi connectivity index (χ3v) is 5.80. The Hall–Kier alpha value is -1.91. The van der Waals surface area contributed by atoms with Crippen molar-refractivity contribution < 1.29 is 8.42 Å². The van der Waals surface area contributed by atoms with Crippen LogP contribution in [-0.2, 0) is 29.4 Å². The van der Waals surface area contributed by atoms with Crippen LogP contribution in [0.5, 0.6) is 0 Å². The Morgan fingerprint density at radius 1 is 1.32 bits per heavy atom. The number of hydrogen-bond acceptors (Lipinski definition) is 6. The van der Waals surface area contributed by atoms with E-state index in [1.54, 1.807) is 24.2 Å². The lowest BCUT2D eigenvalue weighted by molar-refractivity contribution is 0.598. The van der Waals surface area contributed by atoms with Gasteiger partial charge in [-0.25, -0.2) is 18.5 Å². The first-order valence-electron chi connectivity index (χ1n) is 7.89. The molecule has 0 spiro atoms. The summed E-state index contributed by atoms with van der Waals surface area (Å²) in [6.07, 6.45) is 3.73. The van der Waals surface area contributed by atoms with E-state index in [0.29, 0.717) is 11.3 Å². The molecule has 0 bridgehead atoms. The molecule has 0 saturated carbocycles. The zero-order chi connectivity index (χ0) is 18.0. The zero-order valence-corrected chi connectivity index (χ0v) is 15.7. The third-order valence-electron chi connectivity index (χ3n) is 3.86. The molecular weight excluding hydrogens is 360 g/mol. The molecule has 1 aromatic carbocycles. The Balaban J connectivity index is 1.98. The van der Waals surface area contributed by atoms with Crippen molar-refractivity contribution in [1.82, 2.24) is 24.3 Å². The van der Waals surface area contributed by atoms with E-state index in [0.717, 1.165) is 35.9 Å². The molecule has 0 atom stereocenters. The lowest BCUT2D eigenvalue weighted by Crippen LogP contribution is -2.11. The molecule has 10 heteroatoms. The largest absolute Gasteiger partial charge is 0.327 e. The molecule has 2 heterocycles. The highest BCUT2D eigenvalue weighted by Gasteiger charge is 2.15. The fourth-order valence-electron chi connectivity index (χ4n) is 2.54. The number of sulfonamides is 1. The number of benzene rings is 1. The summed E-state index contributed by atoms with van der Waals surface area (Å²) in [6, 6.07) is 4.83. The second-order valence-electron chi connectivity index (χ2n) is 5.74. The minimum atomic E-state index is -3.74. The smallest absolute Gasteiger partial charge is 0.238 e. The Labute approximate surface area is 150 Å². The maximum atomic E-state index is 11.6. The maximum absolute atomic E-state index is 11.6. The summed E-state index contributed by atoms with van der Waals surface area (Å²) in [5.74, 6) is 1.50. The molecule has 0 saturated heterocycles. The molecule has 0 aliphatic rings. The molecule has 3 aromatic rings. The van der Waals surface area contributed by atoms with Crippen LogP contribution >= 0.6 is 11.8 Å². The number of nitrogens with two attached hydrogens (primary N) is 1. The van der Waals surface area contributed by atoms with Crippen molar-refractivity contribution in [1.29, 1.82) is 0 Å². The van der Waals surface area contributed by atoms with Crippen molar-refractivity contribution in [2.75, 3.05) is 0 Å². The normalized spacial score (nSPS) is 12.1. The van der Waals surface area contributed by atoms with Gasteiger partial charge in [-0.2, -0.15) is 0 Å². The predicted octanol–water partition coefficient (Wildman–Crippen LogP) is 1.90. The Morgan fingerprint density at radius 2 is 2.12 bits per heavy atom. The Kier molecular flexibility index (Phi) is 5.11. The first kappa shape index (κ1) is 17.9. The molecule has 0 amide bonds. The molecule has 0 aliphatic heterocycles. The number of nitrogens with zero attached hydrogens (tertiary/aromatic N) is 5. The van der Waals surface area contributed by atoms with Crippen molar-refractivity contribution in [2.45, 2.75) is 42.1 Å². The first-order valence-corrected chi connectivity index (χ1v) is 10.4. The lowest BCUT2D eigenvalue weighted by atomic mass is 10.3. The van der Waals surface area contributed by atoms with Crippen molar-refractivity contribution >= 4 is 32.8 Å². The number of unbranched alkanes of at least 4 members (excludes halogenated alkanes) is 1. The molecule has 8 nitrogen and oxygen atoms in total. The van der Waals surface area contributed by atoms with Gasteiger partial charge in [0.15, 0.2) is 5.16 Å². The Bertz CT molecular complexity index is 993. The molecule has 0 aliphatic carbocycles. The van der Waals surface area contributed by atoms with E-state index < -0.39 is 10.0 Å². The van der Waals surface area contributed by atoms with Gasteiger partial charge in [0.05, 0.1) is 21.7 Å². The highest BCUT2D eigenvalue weighted by atomic mass is 32.2. The molecular formula is C15H20N6O2S2. The Morgan fingerprint density at radius 3 is 2.76 bits per heavy atom. The quantitative estimate of drug-likeness (QED) is 0.627. The highest BCUT2D eigenvalue weighted by Crippen LogP contribution is 2.25. The van der Waals surface area contributed by atoms with Gasteiger partial charge in [-0.3, -0.25) is 0 Å². The van der Waals surface area contributed by atoms with E-state index in [4.69, 9.17) is 5.14 Å². The molecule has 134 valence electrons. The number of hydrogen-bond donors (Lipinski definition) is 1. The number of imidazole rings is 1. The van der Waals surface area contributed by atoms with Crippen LogP contribution in [-0.4, -0.2) is 32.7 Å². The van der Waals surface area contributed by atoms with Gasteiger partial charge in [0.1, 0.15) is 12.2 Å². The summed E-state index contributed by atoms with van der Waals surface area (Å²) >= 11 is 1.54. The van der Waals surface area contributed by atoms with Crippen molar-refractivity contribution in [3.8, 4) is 0 Å². The first-order chi connectivity index (χ1) is 11.9. The fraction of sp³-hybridized carbons (Fsp3) is 0.400. The van der Waals surface area contributed by atoms with Crippen LogP contribution in [0.3, 0.4) is 0 Å². The van der Waals surface area contributed by atoms with Gasteiger partial charge in [-0.15, -0.1) is 10.2 Å². The average Bonchev–Trinajstić information content (AvgIpc) is 3.12. The number of primary sulfonamides is 1. The number of aryl methyl sites for hydroxylation is 2. The number of aromatic nitrogens is 5. The summed E-state index contributed by atoms with van der Waals surface area (Å²) in [4.78, 5) is 4.71. The minimum absolute atomic E-state index is 0.0765. The average molecular weight is 380 g/mol. The highest BCUT2D eigenvalue weighted by molar-refractivity contribution is 7.98. The molecule has 0 fully saturated rings. The fourth-order valence-corrected chi connectivity index (χ4v) is 3.91. The van der Waals surface area contributed by atoms with E-state index in [-0.39, 0.29) is 4.90 Å². The third kappa shape index (κ3) is 3.86. The van der Waals surface area contributed by atoms with E-state index in [1.807, 2.05) is 11.6 Å². The molecule has 3 rings (SSSR count). The maximum Gasteiger partial charge on any atom is 0.238 e. The van der Waals surface area contributed by atoms with Gasteiger partial charge < -0.3 is 9.13 Å². The number of fused-ring (bicyclic) bond motifs is 1. The van der Waals surface area contributed by atoms with Crippen molar-refractivity contribution in [3.05, 3.63) is 30.4 Å². The zero-order valence-electron chi connectivity index (χ0n) is 14.1. The second kappa shape index (κ2) is 7.14. The van der Waals surface area contributed by atoms with E-state index in [1.165, 1.54) is 12.1 Å². The van der Waals surface area contributed by atoms with Crippen LogP contribution in [0.25, 0.3) is 11.0 Å². The second-order valence-corrected chi connectivity index (χ2v) is 8.25. The monoisotopic (exact) mass is 380 g/mol.